The molecule has 1 N–H and O–H groups in total. The molecule has 1 fully saturated rings. The fourth-order valence-electron chi connectivity index (χ4n) is 2.34. The molecular formula is C12H22N2. The molecule has 2 heteroatoms. The Morgan fingerprint density at radius 1 is 1.43 bits per heavy atom. The number of hydrogen-bond acceptors (Lipinski definition) is 2. The molecule has 0 saturated heterocycles. The van der Waals surface area contributed by atoms with E-state index in [1.807, 2.05) is 0 Å². The van der Waals surface area contributed by atoms with Crippen molar-refractivity contribution in [3.05, 3.63) is 0 Å². The standard InChI is InChI=1S/C12H22N2/c1-3-10-6-5-7-12(8-10)14-11(4-2)9-13/h10-12,14H,3-8H2,1-2H3. The minimum Gasteiger partial charge on any atom is -0.299 e. The number of hydrogen-bond donors (Lipinski definition) is 1. The molecular weight excluding hydrogens is 172 g/mol. The second-order valence-corrected chi connectivity index (χ2v) is 4.39. The zero-order valence-electron chi connectivity index (χ0n) is 9.42. The lowest BCUT2D eigenvalue weighted by Crippen LogP contribution is -2.40. The summed E-state index contributed by atoms with van der Waals surface area (Å²) in [5, 5.41) is 12.3. The Labute approximate surface area is 87.7 Å². The monoisotopic (exact) mass is 194 g/mol. The number of nitriles is 1. The third-order valence-corrected chi connectivity index (χ3v) is 3.36. The molecule has 1 saturated carbocycles. The topological polar surface area (TPSA) is 35.8 Å². The van der Waals surface area contributed by atoms with Crippen molar-refractivity contribution in [1.82, 2.24) is 5.32 Å². The van der Waals surface area contributed by atoms with Crippen LogP contribution in [0.1, 0.15) is 52.4 Å². The number of nitrogens with zero attached hydrogens (tertiary/aromatic N) is 1. The highest BCUT2D eigenvalue weighted by atomic mass is 14.9. The Balaban J connectivity index is 2.33. The van der Waals surface area contributed by atoms with Crippen molar-refractivity contribution in [2.45, 2.75) is 64.5 Å². The van der Waals surface area contributed by atoms with Crippen molar-refractivity contribution in [2.75, 3.05) is 0 Å². The predicted molar refractivity (Wildman–Crippen MR) is 58.9 cm³/mol. The van der Waals surface area contributed by atoms with E-state index in [0.717, 1.165) is 12.3 Å². The highest BCUT2D eigenvalue weighted by molar-refractivity contribution is 4.92. The molecule has 3 unspecified atom stereocenters. The van der Waals surface area contributed by atoms with Gasteiger partial charge in [0, 0.05) is 6.04 Å². The summed E-state index contributed by atoms with van der Waals surface area (Å²) >= 11 is 0. The molecule has 0 aromatic heterocycles. The Kier molecular flexibility index (Phi) is 4.97. The number of nitrogens with one attached hydrogen (secondary N) is 1. The van der Waals surface area contributed by atoms with E-state index in [2.05, 4.69) is 25.2 Å². The van der Waals surface area contributed by atoms with Crippen LogP contribution >= 0.6 is 0 Å². The van der Waals surface area contributed by atoms with Crippen molar-refractivity contribution in [3.63, 3.8) is 0 Å². The average Bonchev–Trinajstić information content (AvgIpc) is 2.26. The van der Waals surface area contributed by atoms with Crippen LogP contribution in [-0.2, 0) is 0 Å². The van der Waals surface area contributed by atoms with Crippen LogP contribution in [0, 0.1) is 17.2 Å². The van der Waals surface area contributed by atoms with Gasteiger partial charge in [-0.2, -0.15) is 5.26 Å². The molecule has 0 aromatic carbocycles. The van der Waals surface area contributed by atoms with E-state index in [9.17, 15) is 0 Å². The fourth-order valence-corrected chi connectivity index (χ4v) is 2.34. The highest BCUT2D eigenvalue weighted by Crippen LogP contribution is 2.26. The second-order valence-electron chi connectivity index (χ2n) is 4.39. The lowest BCUT2D eigenvalue weighted by molar-refractivity contribution is 0.270. The maximum absolute atomic E-state index is 8.87. The van der Waals surface area contributed by atoms with Crippen LogP contribution < -0.4 is 5.32 Å². The van der Waals surface area contributed by atoms with E-state index >= 15 is 0 Å². The van der Waals surface area contributed by atoms with E-state index in [-0.39, 0.29) is 6.04 Å². The van der Waals surface area contributed by atoms with Gasteiger partial charge in [0.25, 0.3) is 0 Å². The Hall–Kier alpha value is -0.550. The van der Waals surface area contributed by atoms with Gasteiger partial charge in [0.05, 0.1) is 12.1 Å². The van der Waals surface area contributed by atoms with E-state index in [4.69, 9.17) is 5.26 Å². The summed E-state index contributed by atoms with van der Waals surface area (Å²) in [6.45, 7) is 4.34. The smallest absolute Gasteiger partial charge is 0.0952 e. The van der Waals surface area contributed by atoms with Crippen molar-refractivity contribution in [1.29, 1.82) is 5.26 Å². The molecule has 1 aliphatic carbocycles. The van der Waals surface area contributed by atoms with Crippen molar-refractivity contribution in [3.8, 4) is 6.07 Å². The molecule has 0 bridgehead atoms. The molecule has 0 spiro atoms. The van der Waals surface area contributed by atoms with Gasteiger partial charge >= 0.3 is 0 Å². The lowest BCUT2D eigenvalue weighted by Gasteiger charge is -2.30. The summed E-state index contributed by atoms with van der Waals surface area (Å²) < 4.78 is 0. The molecule has 1 rings (SSSR count). The van der Waals surface area contributed by atoms with E-state index in [0.29, 0.717) is 6.04 Å². The van der Waals surface area contributed by atoms with Crippen molar-refractivity contribution >= 4 is 0 Å². The minimum absolute atomic E-state index is 0.0654. The summed E-state index contributed by atoms with van der Waals surface area (Å²) in [6, 6.07) is 2.98. The summed E-state index contributed by atoms with van der Waals surface area (Å²) in [5.41, 5.74) is 0. The van der Waals surface area contributed by atoms with Gasteiger partial charge < -0.3 is 0 Å². The van der Waals surface area contributed by atoms with Gasteiger partial charge in [-0.25, -0.2) is 0 Å². The van der Waals surface area contributed by atoms with Gasteiger partial charge in [0.1, 0.15) is 0 Å². The van der Waals surface area contributed by atoms with Gasteiger partial charge in [0.15, 0.2) is 0 Å². The second kappa shape index (κ2) is 6.03. The van der Waals surface area contributed by atoms with Crippen LogP contribution in [0.4, 0.5) is 0 Å². The van der Waals surface area contributed by atoms with Crippen molar-refractivity contribution in [2.24, 2.45) is 5.92 Å². The largest absolute Gasteiger partial charge is 0.299 e. The molecule has 2 nitrogen and oxygen atoms in total. The molecule has 14 heavy (non-hydrogen) atoms. The molecule has 80 valence electrons. The Bertz CT molecular complexity index is 195. The maximum Gasteiger partial charge on any atom is 0.0952 e. The molecule has 0 aliphatic heterocycles. The fraction of sp³-hybridized carbons (Fsp3) is 0.917. The van der Waals surface area contributed by atoms with Gasteiger partial charge in [0.2, 0.25) is 0 Å². The molecule has 0 heterocycles. The van der Waals surface area contributed by atoms with E-state index in [1.54, 1.807) is 0 Å². The average molecular weight is 194 g/mol. The first kappa shape index (κ1) is 11.5. The van der Waals surface area contributed by atoms with Gasteiger partial charge in [-0.15, -0.1) is 0 Å². The SMILES string of the molecule is CCC1CCCC(NC(C#N)CC)C1. The first-order chi connectivity index (χ1) is 6.80. The van der Waals surface area contributed by atoms with Crippen molar-refractivity contribution < 1.29 is 0 Å². The van der Waals surface area contributed by atoms with Crippen LogP contribution in [0.2, 0.25) is 0 Å². The van der Waals surface area contributed by atoms with E-state index in [1.165, 1.54) is 32.1 Å². The van der Waals surface area contributed by atoms with Crippen LogP contribution in [0.25, 0.3) is 0 Å². The molecule has 0 radical (unpaired) electrons. The van der Waals surface area contributed by atoms with Gasteiger partial charge in [-0.05, 0) is 25.2 Å². The third kappa shape index (κ3) is 3.31. The summed E-state index contributed by atoms with van der Waals surface area (Å²) in [6.07, 6.45) is 7.46. The summed E-state index contributed by atoms with van der Waals surface area (Å²) in [5.74, 6) is 0.887. The zero-order chi connectivity index (χ0) is 10.4. The first-order valence-corrected chi connectivity index (χ1v) is 5.95. The lowest BCUT2D eigenvalue weighted by atomic mass is 9.84. The molecule has 0 amide bonds. The molecule has 3 atom stereocenters. The quantitative estimate of drug-likeness (QED) is 0.747. The predicted octanol–water partition coefficient (Wildman–Crippen LogP) is 2.85. The van der Waals surface area contributed by atoms with Crippen LogP contribution in [-0.4, -0.2) is 12.1 Å². The first-order valence-electron chi connectivity index (χ1n) is 5.95. The maximum atomic E-state index is 8.87. The Morgan fingerprint density at radius 3 is 2.79 bits per heavy atom. The molecule has 0 aromatic rings. The highest BCUT2D eigenvalue weighted by Gasteiger charge is 2.22. The summed E-state index contributed by atoms with van der Waals surface area (Å²) in [4.78, 5) is 0. The van der Waals surface area contributed by atoms with Crippen LogP contribution in [0.15, 0.2) is 0 Å². The van der Waals surface area contributed by atoms with E-state index < -0.39 is 0 Å². The molecule has 1 aliphatic rings. The van der Waals surface area contributed by atoms with Crippen LogP contribution in [0.5, 0.6) is 0 Å². The normalized spacial score (nSPS) is 29.5. The van der Waals surface area contributed by atoms with Crippen LogP contribution in [0.3, 0.4) is 0 Å². The summed E-state index contributed by atoms with van der Waals surface area (Å²) in [7, 11) is 0. The van der Waals surface area contributed by atoms with Gasteiger partial charge in [-0.3, -0.25) is 5.32 Å². The number of rotatable bonds is 4. The zero-order valence-corrected chi connectivity index (χ0v) is 9.42. The van der Waals surface area contributed by atoms with Gasteiger partial charge in [-0.1, -0.05) is 33.1 Å². The third-order valence-electron chi connectivity index (χ3n) is 3.36. The Morgan fingerprint density at radius 2 is 2.21 bits per heavy atom. The minimum atomic E-state index is 0.0654.